The van der Waals surface area contributed by atoms with Crippen molar-refractivity contribution in [3.63, 3.8) is 0 Å². The second kappa shape index (κ2) is 6.50. The summed E-state index contributed by atoms with van der Waals surface area (Å²) in [6.45, 7) is 2.20. The van der Waals surface area contributed by atoms with Crippen LogP contribution in [0.15, 0.2) is 28.7 Å². The molecule has 0 spiro atoms. The van der Waals surface area contributed by atoms with E-state index < -0.39 is 0 Å². The highest BCUT2D eigenvalue weighted by molar-refractivity contribution is 7.99. The number of halogens is 1. The molecule has 0 aliphatic heterocycles. The molecule has 0 saturated carbocycles. The Morgan fingerprint density at radius 3 is 2.94 bits per heavy atom. The molecule has 1 aromatic heterocycles. The van der Waals surface area contributed by atoms with Gasteiger partial charge in [0.1, 0.15) is 11.3 Å². The number of hydrogen-bond acceptors (Lipinski definition) is 3. The van der Waals surface area contributed by atoms with Crippen LogP contribution in [0.2, 0.25) is 5.02 Å². The molecule has 0 radical (unpaired) electrons. The maximum Gasteiger partial charge on any atom is 0.134 e. The minimum Gasteiger partial charge on any atom is -0.459 e. The van der Waals surface area contributed by atoms with E-state index in [1.807, 2.05) is 37.0 Å². The normalized spacial score (nSPS) is 13.1. The minimum absolute atomic E-state index is 0.257. The van der Waals surface area contributed by atoms with Crippen molar-refractivity contribution in [2.24, 2.45) is 0 Å². The topological polar surface area (TPSA) is 25.2 Å². The van der Waals surface area contributed by atoms with Crippen LogP contribution in [0.25, 0.3) is 11.0 Å². The van der Waals surface area contributed by atoms with Crippen LogP contribution >= 0.6 is 23.4 Å². The molecule has 1 N–H and O–H groups in total. The average molecular weight is 284 g/mol. The fourth-order valence-corrected chi connectivity index (χ4v) is 3.06. The Balaban J connectivity index is 2.17. The molecule has 1 aromatic carbocycles. The first-order valence-corrected chi connectivity index (χ1v) is 7.72. The summed E-state index contributed by atoms with van der Waals surface area (Å²) in [7, 11) is 1.97. The van der Waals surface area contributed by atoms with Gasteiger partial charge in [0.15, 0.2) is 0 Å². The van der Waals surface area contributed by atoms with Gasteiger partial charge in [0.05, 0.1) is 6.04 Å². The van der Waals surface area contributed by atoms with E-state index in [2.05, 4.69) is 18.3 Å². The molecular weight excluding hydrogens is 266 g/mol. The molecular formula is C14H18ClNOS. The van der Waals surface area contributed by atoms with Gasteiger partial charge in [-0.15, -0.1) is 0 Å². The second-order valence-corrected chi connectivity index (χ2v) is 5.83. The second-order valence-electron chi connectivity index (χ2n) is 4.25. The fourth-order valence-electron chi connectivity index (χ4n) is 1.86. The summed E-state index contributed by atoms with van der Waals surface area (Å²) in [5.41, 5.74) is 0.898. The third-order valence-corrected chi connectivity index (χ3v) is 4.32. The average Bonchev–Trinajstić information content (AvgIpc) is 2.77. The molecule has 2 aromatic rings. The van der Waals surface area contributed by atoms with Crippen LogP contribution in [-0.4, -0.2) is 18.6 Å². The number of benzene rings is 1. The number of fused-ring (bicyclic) bond motifs is 1. The molecule has 0 saturated heterocycles. The number of furan rings is 1. The Hall–Kier alpha value is -0.640. The Labute approximate surface area is 117 Å². The maximum absolute atomic E-state index is 5.98. The Kier molecular flexibility index (Phi) is 4.98. The van der Waals surface area contributed by atoms with Crippen LogP contribution in [0, 0.1) is 0 Å². The van der Waals surface area contributed by atoms with E-state index in [0.717, 1.165) is 27.5 Å². The molecule has 0 aliphatic carbocycles. The molecule has 0 bridgehead atoms. The Morgan fingerprint density at radius 1 is 1.39 bits per heavy atom. The summed E-state index contributed by atoms with van der Waals surface area (Å²) in [6, 6.07) is 8.06. The van der Waals surface area contributed by atoms with Gasteiger partial charge < -0.3 is 9.73 Å². The molecule has 2 nitrogen and oxygen atoms in total. The lowest BCUT2D eigenvalue weighted by atomic mass is 10.2. The molecule has 0 aliphatic rings. The van der Waals surface area contributed by atoms with E-state index >= 15 is 0 Å². The van der Waals surface area contributed by atoms with Gasteiger partial charge in [-0.25, -0.2) is 0 Å². The summed E-state index contributed by atoms with van der Waals surface area (Å²) in [4.78, 5) is 0. The van der Waals surface area contributed by atoms with Crippen LogP contribution in [0.3, 0.4) is 0 Å². The van der Waals surface area contributed by atoms with E-state index in [9.17, 15) is 0 Å². The summed E-state index contributed by atoms with van der Waals surface area (Å²) in [5, 5.41) is 5.12. The lowest BCUT2D eigenvalue weighted by Crippen LogP contribution is -2.18. The first kappa shape index (κ1) is 13.8. The van der Waals surface area contributed by atoms with Crippen molar-refractivity contribution < 1.29 is 4.42 Å². The number of nitrogens with one attached hydrogen (secondary N) is 1. The first-order valence-electron chi connectivity index (χ1n) is 6.18. The third-order valence-electron chi connectivity index (χ3n) is 2.82. The molecule has 18 heavy (non-hydrogen) atoms. The molecule has 98 valence electrons. The zero-order valence-corrected chi connectivity index (χ0v) is 12.3. The SMILES string of the molecule is CCCSCC(NC)c1cc2cc(Cl)ccc2o1. The van der Waals surface area contributed by atoms with E-state index in [1.54, 1.807) is 0 Å². The quantitative estimate of drug-likeness (QED) is 0.791. The van der Waals surface area contributed by atoms with Crippen LogP contribution in [0.5, 0.6) is 0 Å². The van der Waals surface area contributed by atoms with E-state index in [0.29, 0.717) is 0 Å². The summed E-state index contributed by atoms with van der Waals surface area (Å²) >= 11 is 7.93. The number of hydrogen-bond donors (Lipinski definition) is 1. The van der Waals surface area contributed by atoms with Crippen molar-refractivity contribution in [2.45, 2.75) is 19.4 Å². The van der Waals surface area contributed by atoms with Crippen LogP contribution in [-0.2, 0) is 0 Å². The molecule has 2 rings (SSSR count). The van der Waals surface area contributed by atoms with Crippen molar-refractivity contribution in [1.29, 1.82) is 0 Å². The fraction of sp³-hybridized carbons (Fsp3) is 0.429. The third kappa shape index (κ3) is 3.22. The number of thioether (sulfide) groups is 1. The summed E-state index contributed by atoms with van der Waals surface area (Å²) in [5.74, 6) is 3.20. The summed E-state index contributed by atoms with van der Waals surface area (Å²) < 4.78 is 5.87. The first-order chi connectivity index (χ1) is 8.74. The van der Waals surface area contributed by atoms with E-state index in [1.165, 1.54) is 12.2 Å². The van der Waals surface area contributed by atoms with Crippen molar-refractivity contribution in [2.75, 3.05) is 18.6 Å². The minimum atomic E-state index is 0.257. The Morgan fingerprint density at radius 2 is 2.22 bits per heavy atom. The van der Waals surface area contributed by atoms with Crippen molar-refractivity contribution in [3.8, 4) is 0 Å². The van der Waals surface area contributed by atoms with Gasteiger partial charge >= 0.3 is 0 Å². The van der Waals surface area contributed by atoms with Gasteiger partial charge in [-0.1, -0.05) is 18.5 Å². The monoisotopic (exact) mass is 283 g/mol. The smallest absolute Gasteiger partial charge is 0.134 e. The predicted molar refractivity (Wildman–Crippen MR) is 80.6 cm³/mol. The molecule has 1 heterocycles. The van der Waals surface area contributed by atoms with E-state index in [4.69, 9.17) is 16.0 Å². The van der Waals surface area contributed by atoms with Gasteiger partial charge in [-0.2, -0.15) is 11.8 Å². The zero-order valence-electron chi connectivity index (χ0n) is 10.7. The highest BCUT2D eigenvalue weighted by Crippen LogP contribution is 2.28. The van der Waals surface area contributed by atoms with Gasteiger partial charge in [0.2, 0.25) is 0 Å². The van der Waals surface area contributed by atoms with Crippen molar-refractivity contribution in [3.05, 3.63) is 35.0 Å². The van der Waals surface area contributed by atoms with Crippen LogP contribution in [0.1, 0.15) is 25.1 Å². The molecule has 0 amide bonds. The van der Waals surface area contributed by atoms with E-state index in [-0.39, 0.29) is 6.04 Å². The van der Waals surface area contributed by atoms with Crippen molar-refractivity contribution in [1.82, 2.24) is 5.32 Å². The molecule has 4 heteroatoms. The highest BCUT2D eigenvalue weighted by atomic mass is 35.5. The van der Waals surface area contributed by atoms with Gasteiger partial charge in [0, 0.05) is 16.2 Å². The van der Waals surface area contributed by atoms with Crippen LogP contribution < -0.4 is 5.32 Å². The molecule has 1 atom stereocenters. The lowest BCUT2D eigenvalue weighted by molar-refractivity contribution is 0.479. The molecule has 0 fully saturated rings. The van der Waals surface area contributed by atoms with Gasteiger partial charge in [0.25, 0.3) is 0 Å². The highest BCUT2D eigenvalue weighted by Gasteiger charge is 2.14. The zero-order chi connectivity index (χ0) is 13.0. The van der Waals surface area contributed by atoms with Crippen LogP contribution in [0.4, 0.5) is 0 Å². The standard InChI is InChI=1S/C14H18ClNOS/c1-3-6-18-9-12(16-2)14-8-10-7-11(15)4-5-13(10)17-14/h4-5,7-8,12,16H,3,6,9H2,1-2H3. The predicted octanol–water partition coefficient (Wildman–Crippen LogP) is 4.49. The van der Waals surface area contributed by atoms with Gasteiger partial charge in [-0.3, -0.25) is 0 Å². The van der Waals surface area contributed by atoms with Crippen molar-refractivity contribution >= 4 is 34.3 Å². The summed E-state index contributed by atoms with van der Waals surface area (Å²) in [6.07, 6.45) is 1.21. The Bertz CT molecular complexity index is 511. The lowest BCUT2D eigenvalue weighted by Gasteiger charge is -2.12. The number of rotatable bonds is 6. The largest absolute Gasteiger partial charge is 0.459 e. The van der Waals surface area contributed by atoms with Gasteiger partial charge in [-0.05, 0) is 43.5 Å². The maximum atomic E-state index is 5.98. The molecule has 1 unspecified atom stereocenters.